The lowest BCUT2D eigenvalue weighted by Crippen LogP contribution is -2.58. The number of hydrogen-bond acceptors (Lipinski definition) is 8. The molecule has 0 saturated heterocycles. The normalized spacial score (nSPS) is 14.2. The SMILES string of the molecule is CSCCC(NC(=O)C(CC(=O)O)NC(=O)C(Cc1ccc(O)cc1)NC(=O)C(N)CC(C)C)C(=O)O. The first-order valence-electron chi connectivity index (χ1n) is 11.7. The molecular formula is C24H36N4O8S. The number of carboxylic acids is 2. The topological polar surface area (TPSA) is 208 Å². The Hall–Kier alpha value is -3.32. The summed E-state index contributed by atoms with van der Waals surface area (Å²) in [7, 11) is 0. The molecule has 206 valence electrons. The molecule has 4 atom stereocenters. The monoisotopic (exact) mass is 540 g/mol. The van der Waals surface area contributed by atoms with E-state index in [2.05, 4.69) is 16.0 Å². The highest BCUT2D eigenvalue weighted by Gasteiger charge is 2.31. The molecule has 37 heavy (non-hydrogen) atoms. The fraction of sp³-hybridized carbons (Fsp3) is 0.542. The minimum absolute atomic E-state index is 0.000365. The maximum atomic E-state index is 13.2. The van der Waals surface area contributed by atoms with Crippen molar-refractivity contribution in [3.63, 3.8) is 0 Å². The van der Waals surface area contributed by atoms with Gasteiger partial charge in [0.25, 0.3) is 0 Å². The highest BCUT2D eigenvalue weighted by Crippen LogP contribution is 2.12. The Morgan fingerprint density at radius 1 is 0.892 bits per heavy atom. The number of carbonyl (C=O) groups is 5. The maximum absolute atomic E-state index is 13.2. The number of carbonyl (C=O) groups excluding carboxylic acids is 3. The number of phenols is 1. The first-order valence-corrected chi connectivity index (χ1v) is 13.1. The van der Waals surface area contributed by atoms with Crippen molar-refractivity contribution in [3.8, 4) is 5.75 Å². The van der Waals surface area contributed by atoms with Gasteiger partial charge in [-0.05, 0) is 48.5 Å². The smallest absolute Gasteiger partial charge is 0.326 e. The molecule has 12 nitrogen and oxygen atoms in total. The summed E-state index contributed by atoms with van der Waals surface area (Å²) in [6.45, 7) is 3.76. The predicted molar refractivity (Wildman–Crippen MR) is 138 cm³/mol. The van der Waals surface area contributed by atoms with Crippen LogP contribution in [0.1, 0.15) is 38.7 Å². The number of amides is 3. The quantitative estimate of drug-likeness (QED) is 0.150. The van der Waals surface area contributed by atoms with E-state index in [1.807, 2.05) is 13.8 Å². The van der Waals surface area contributed by atoms with E-state index in [0.717, 1.165) is 0 Å². The number of rotatable bonds is 16. The van der Waals surface area contributed by atoms with Crippen molar-refractivity contribution in [1.29, 1.82) is 0 Å². The molecule has 1 aromatic carbocycles. The lowest BCUT2D eigenvalue weighted by molar-refractivity contribution is -0.143. The molecule has 0 aromatic heterocycles. The number of hydrogen-bond donors (Lipinski definition) is 7. The Kier molecular flexibility index (Phi) is 13.5. The number of aromatic hydroxyl groups is 1. The van der Waals surface area contributed by atoms with Crippen LogP contribution in [0.25, 0.3) is 0 Å². The van der Waals surface area contributed by atoms with E-state index in [9.17, 15) is 39.3 Å². The minimum Gasteiger partial charge on any atom is -0.508 e. The molecule has 0 aliphatic rings. The third kappa shape index (κ3) is 12.0. The second kappa shape index (κ2) is 15.7. The van der Waals surface area contributed by atoms with Gasteiger partial charge in [0, 0.05) is 6.42 Å². The van der Waals surface area contributed by atoms with E-state index in [0.29, 0.717) is 17.7 Å². The Labute approximate surface area is 219 Å². The van der Waals surface area contributed by atoms with Gasteiger partial charge >= 0.3 is 11.9 Å². The predicted octanol–water partition coefficient (Wildman–Crippen LogP) is 0.0749. The summed E-state index contributed by atoms with van der Waals surface area (Å²) in [5, 5.41) is 35.3. The van der Waals surface area contributed by atoms with Gasteiger partial charge in [0.1, 0.15) is 23.9 Å². The molecule has 1 rings (SSSR count). The minimum atomic E-state index is -1.59. The number of carboxylic acid groups (broad SMARTS) is 2. The molecule has 3 amide bonds. The average molecular weight is 541 g/mol. The molecule has 13 heteroatoms. The van der Waals surface area contributed by atoms with Crippen LogP contribution in [0.5, 0.6) is 5.75 Å². The Morgan fingerprint density at radius 3 is 1.95 bits per heavy atom. The van der Waals surface area contributed by atoms with E-state index in [-0.39, 0.29) is 24.5 Å². The Morgan fingerprint density at radius 2 is 1.43 bits per heavy atom. The van der Waals surface area contributed by atoms with Gasteiger partial charge in [0.15, 0.2) is 0 Å². The highest BCUT2D eigenvalue weighted by atomic mass is 32.2. The molecule has 0 aliphatic heterocycles. The van der Waals surface area contributed by atoms with Crippen LogP contribution in [0, 0.1) is 5.92 Å². The zero-order chi connectivity index (χ0) is 28.1. The van der Waals surface area contributed by atoms with Crippen LogP contribution in [0.3, 0.4) is 0 Å². The molecule has 8 N–H and O–H groups in total. The van der Waals surface area contributed by atoms with Crippen molar-refractivity contribution in [1.82, 2.24) is 16.0 Å². The van der Waals surface area contributed by atoms with E-state index < -0.39 is 60.2 Å². The van der Waals surface area contributed by atoms with Gasteiger partial charge in [-0.1, -0.05) is 26.0 Å². The van der Waals surface area contributed by atoms with E-state index in [4.69, 9.17) is 5.73 Å². The summed E-state index contributed by atoms with van der Waals surface area (Å²) in [5.41, 5.74) is 6.51. The lowest BCUT2D eigenvalue weighted by Gasteiger charge is -2.25. The fourth-order valence-electron chi connectivity index (χ4n) is 3.39. The molecule has 0 heterocycles. The fourth-order valence-corrected chi connectivity index (χ4v) is 3.86. The number of nitrogens with two attached hydrogens (primary N) is 1. The standard InChI is InChI=1S/C24H36N4O8S/c1-13(2)10-16(25)21(32)27-18(11-14-4-6-15(29)7-5-14)22(33)28-19(12-20(30)31)23(34)26-17(24(35)36)8-9-37-3/h4-7,13,16-19,29H,8-12,25H2,1-3H3,(H,26,34)(H,27,32)(H,28,33)(H,30,31)(H,35,36). The van der Waals surface area contributed by atoms with E-state index in [1.54, 1.807) is 18.4 Å². The Balaban J connectivity index is 3.13. The zero-order valence-corrected chi connectivity index (χ0v) is 21.9. The third-order valence-corrected chi connectivity index (χ3v) is 5.95. The summed E-state index contributed by atoms with van der Waals surface area (Å²) >= 11 is 1.38. The van der Waals surface area contributed by atoms with Gasteiger partial charge < -0.3 is 37.0 Å². The van der Waals surface area contributed by atoms with E-state index >= 15 is 0 Å². The van der Waals surface area contributed by atoms with Crippen LogP contribution < -0.4 is 21.7 Å². The van der Waals surface area contributed by atoms with Gasteiger partial charge in [0.05, 0.1) is 12.5 Å². The molecule has 0 aliphatic carbocycles. The second-order valence-electron chi connectivity index (χ2n) is 9.01. The van der Waals surface area contributed by atoms with Crippen LogP contribution in [-0.4, -0.2) is 81.2 Å². The summed E-state index contributed by atoms with van der Waals surface area (Å²) < 4.78 is 0. The van der Waals surface area contributed by atoms with Crippen molar-refractivity contribution in [2.45, 2.75) is 63.7 Å². The lowest BCUT2D eigenvalue weighted by atomic mass is 10.0. The highest BCUT2D eigenvalue weighted by molar-refractivity contribution is 7.98. The van der Waals surface area contributed by atoms with Gasteiger partial charge in [-0.2, -0.15) is 11.8 Å². The van der Waals surface area contributed by atoms with Crippen LogP contribution in [-0.2, 0) is 30.4 Å². The number of thioether (sulfide) groups is 1. The van der Waals surface area contributed by atoms with Crippen LogP contribution in [0.15, 0.2) is 24.3 Å². The number of aliphatic carboxylic acids is 2. The van der Waals surface area contributed by atoms with Crippen molar-refractivity contribution in [2.24, 2.45) is 11.7 Å². The van der Waals surface area contributed by atoms with Crippen LogP contribution in [0.4, 0.5) is 0 Å². The molecule has 0 fully saturated rings. The molecule has 0 radical (unpaired) electrons. The van der Waals surface area contributed by atoms with Crippen molar-refractivity contribution in [2.75, 3.05) is 12.0 Å². The average Bonchev–Trinajstić information content (AvgIpc) is 2.80. The van der Waals surface area contributed by atoms with Gasteiger partial charge in [-0.25, -0.2) is 4.79 Å². The zero-order valence-electron chi connectivity index (χ0n) is 21.1. The third-order valence-electron chi connectivity index (χ3n) is 5.31. The van der Waals surface area contributed by atoms with Gasteiger partial charge in [-0.3, -0.25) is 19.2 Å². The summed E-state index contributed by atoms with van der Waals surface area (Å²) in [4.78, 5) is 61.5. The van der Waals surface area contributed by atoms with Crippen molar-refractivity contribution < 1.29 is 39.3 Å². The molecule has 0 saturated carbocycles. The van der Waals surface area contributed by atoms with Crippen LogP contribution >= 0.6 is 11.8 Å². The molecule has 4 unspecified atom stereocenters. The molecular weight excluding hydrogens is 504 g/mol. The van der Waals surface area contributed by atoms with Crippen LogP contribution in [0.2, 0.25) is 0 Å². The first-order chi connectivity index (χ1) is 17.3. The van der Waals surface area contributed by atoms with Crippen molar-refractivity contribution >= 4 is 41.4 Å². The van der Waals surface area contributed by atoms with Gasteiger partial charge in [-0.15, -0.1) is 0 Å². The number of benzene rings is 1. The molecule has 1 aromatic rings. The molecule has 0 spiro atoms. The van der Waals surface area contributed by atoms with E-state index in [1.165, 1.54) is 23.9 Å². The Bertz CT molecular complexity index is 941. The molecule has 0 bridgehead atoms. The first kappa shape index (κ1) is 31.7. The van der Waals surface area contributed by atoms with Gasteiger partial charge in [0.2, 0.25) is 17.7 Å². The second-order valence-corrected chi connectivity index (χ2v) is 9.99. The number of nitrogens with one attached hydrogen (secondary N) is 3. The summed E-state index contributed by atoms with van der Waals surface area (Å²) in [6, 6.07) is 0.892. The van der Waals surface area contributed by atoms with Crippen molar-refractivity contribution in [3.05, 3.63) is 29.8 Å². The maximum Gasteiger partial charge on any atom is 0.326 e. The number of phenolic OH excluding ortho intramolecular Hbond substituents is 1. The largest absolute Gasteiger partial charge is 0.508 e. The summed E-state index contributed by atoms with van der Waals surface area (Å²) in [6.07, 6.45) is 1.38. The summed E-state index contributed by atoms with van der Waals surface area (Å²) in [5.74, 6) is -4.57.